The number of aliphatic hydroxyl groups is 1. The number of ketones is 1. The highest BCUT2D eigenvalue weighted by atomic mass is 79.9. The minimum Gasteiger partial charge on any atom is -0.459 e. The first kappa shape index (κ1) is 98.8. The van der Waals surface area contributed by atoms with Crippen LogP contribution < -0.4 is 81.0 Å². The number of aliphatic hydroxyl groups excluding tert-OH is 1. The van der Waals surface area contributed by atoms with Crippen LogP contribution in [0, 0.1) is 22.7 Å². The van der Waals surface area contributed by atoms with Crippen molar-refractivity contribution in [1.82, 2.24) is 78.6 Å². The number of halogens is 1. The van der Waals surface area contributed by atoms with Gasteiger partial charge in [0.05, 0.1) is 18.6 Å². The zero-order valence-corrected chi connectivity index (χ0v) is 71.4. The molecule has 666 valence electrons. The van der Waals surface area contributed by atoms with E-state index in [0.29, 0.717) is 45.3 Å². The quantitative estimate of drug-likeness (QED) is 0.00516. The summed E-state index contributed by atoms with van der Waals surface area (Å²) in [6, 6.07) is 1.12. The second-order valence-electron chi connectivity index (χ2n) is 31.5. The number of hydrogen-bond donors (Lipinski definition) is 19. The molecule has 0 bridgehead atoms. The maximum atomic E-state index is 15.4. The lowest BCUT2D eigenvalue weighted by atomic mass is 9.75. The van der Waals surface area contributed by atoms with Crippen LogP contribution in [-0.2, 0) is 116 Å². The number of nitrogens with zero attached hydrogens (tertiary/aromatic N) is 2. The van der Waals surface area contributed by atoms with Crippen molar-refractivity contribution >= 4 is 144 Å². The van der Waals surface area contributed by atoms with Crippen LogP contribution in [0.5, 0.6) is 0 Å². The Balaban J connectivity index is 1.35. The summed E-state index contributed by atoms with van der Waals surface area (Å²) in [5.41, 5.74) is 17.5. The number of likely N-dealkylation sites (tertiary alicyclic amines) is 1. The van der Waals surface area contributed by atoms with E-state index in [1.807, 2.05) is 0 Å². The Bertz CT molecular complexity index is 4610. The van der Waals surface area contributed by atoms with E-state index in [1.165, 1.54) is 11.8 Å². The van der Waals surface area contributed by atoms with Crippen molar-refractivity contribution in [2.75, 3.05) is 32.4 Å². The van der Waals surface area contributed by atoms with Crippen LogP contribution in [0.25, 0.3) is 10.9 Å². The normalized spacial score (nSPS) is 20.4. The first-order valence-electron chi connectivity index (χ1n) is 39.4. The summed E-state index contributed by atoms with van der Waals surface area (Å²) < 4.78 is 42.9. The molecule has 3 heterocycles. The summed E-state index contributed by atoms with van der Waals surface area (Å²) in [6.07, 6.45) is -5.51. The number of H-pyrrole nitrogens is 1. The van der Waals surface area contributed by atoms with Crippen molar-refractivity contribution in [1.29, 1.82) is 5.41 Å². The van der Waals surface area contributed by atoms with Gasteiger partial charge in [0.2, 0.25) is 89.1 Å². The van der Waals surface area contributed by atoms with Crippen molar-refractivity contribution < 1.29 is 104 Å². The minimum absolute atomic E-state index is 0.00397. The van der Waals surface area contributed by atoms with Gasteiger partial charge in [-0.1, -0.05) is 111 Å². The molecule has 1 aromatic heterocycles. The number of aromatic amines is 1. The number of aromatic nitrogens is 1. The number of para-hydroxylation sites is 1. The zero-order chi connectivity index (χ0) is 90.8. The first-order chi connectivity index (χ1) is 57.3. The monoisotopic (exact) mass is 1790 g/mol. The number of primary amides is 2. The molecule has 22 N–H and O–H groups in total. The van der Waals surface area contributed by atoms with E-state index in [9.17, 15) is 75.6 Å². The second-order valence-corrected chi connectivity index (χ2v) is 33.9. The Labute approximate surface area is 712 Å². The summed E-state index contributed by atoms with van der Waals surface area (Å²) in [5, 5.41) is 48.4. The number of nitrogens with one attached hydrogen (secondary N) is 14. The summed E-state index contributed by atoms with van der Waals surface area (Å²) in [7, 11) is -4.48. The Morgan fingerprint density at radius 1 is 0.730 bits per heavy atom. The molecule has 2 aliphatic heterocycles. The van der Waals surface area contributed by atoms with Crippen LogP contribution in [-0.4, -0.2) is 257 Å². The first-order valence-corrected chi connectivity index (χ1v) is 41.8. The molecule has 0 saturated carbocycles. The van der Waals surface area contributed by atoms with Crippen LogP contribution in [0.1, 0.15) is 123 Å². The third kappa shape index (κ3) is 30.0. The SMILES string of the molecule is CC(C)[C@@H](NC(=O)[C@@H]1CCCN1C(=O)[C@H](Cc1ccc(Br)cc1)NC(=O)[C@@H](C)NC=O)C(=O)C[C@H](C(=O)N[C@H](Cc1c[nH]c2ccccc12)C(=O)N[C@@H](CCCNC(=N)N)C(=O)N[C@H](CS(=O)(=O)O)C(=O)N[C@@H]1C(=O)N(C)[C@@H](CCC(N)=O)C(=O)N[C@H](Cc2ccccc2)C(=O)NC([C@@H](C)O)C(=O)N[C@@H](CC(N)=O)C(=O)NCC(=O)O[C@@H]1C)C(C)(C)C. The van der Waals surface area contributed by atoms with Gasteiger partial charge >= 0.3 is 5.97 Å². The zero-order valence-electron chi connectivity index (χ0n) is 69.0. The molecule has 2 saturated heterocycles. The van der Waals surface area contributed by atoms with Gasteiger partial charge in [0.25, 0.3) is 10.1 Å². The average molecular weight is 1790 g/mol. The smallest absolute Gasteiger partial charge is 0.325 e. The van der Waals surface area contributed by atoms with E-state index in [0.717, 1.165) is 25.4 Å². The van der Waals surface area contributed by atoms with Crippen molar-refractivity contribution in [2.45, 2.75) is 211 Å². The maximum absolute atomic E-state index is 15.4. The largest absolute Gasteiger partial charge is 0.459 e. The number of rotatable bonds is 37. The van der Waals surface area contributed by atoms with Crippen LogP contribution in [0.3, 0.4) is 0 Å². The number of cyclic esters (lactones) is 1. The highest BCUT2D eigenvalue weighted by Gasteiger charge is 2.45. The van der Waals surface area contributed by atoms with Gasteiger partial charge in [-0.2, -0.15) is 8.42 Å². The third-order valence-corrected chi connectivity index (χ3v) is 21.8. The molecule has 0 spiro atoms. The fourth-order valence-electron chi connectivity index (χ4n) is 13.8. The fraction of sp³-hybridized carbons (Fsp3) is 0.519. The van der Waals surface area contributed by atoms with Gasteiger partial charge in [0.1, 0.15) is 84.9 Å². The number of ether oxygens (including phenoxy) is 1. The van der Waals surface area contributed by atoms with Crippen LogP contribution >= 0.6 is 15.9 Å². The van der Waals surface area contributed by atoms with E-state index in [4.69, 9.17) is 27.3 Å². The number of benzene rings is 3. The molecule has 15 atom stereocenters. The van der Waals surface area contributed by atoms with Crippen LogP contribution in [0.15, 0.2) is 89.5 Å². The van der Waals surface area contributed by atoms with E-state index in [-0.39, 0.29) is 45.2 Å². The molecular weight excluding hydrogens is 1680 g/mol. The molecule has 122 heavy (non-hydrogen) atoms. The highest BCUT2D eigenvalue weighted by Crippen LogP contribution is 2.32. The van der Waals surface area contributed by atoms with Gasteiger partial charge in [-0.05, 0) is 99.1 Å². The number of hydrogen-bond acceptors (Lipinski definition) is 22. The Kier molecular flexibility index (Phi) is 36.9. The van der Waals surface area contributed by atoms with Crippen molar-refractivity contribution in [3.63, 3.8) is 0 Å². The number of nitrogens with two attached hydrogens (primary N) is 3. The summed E-state index contributed by atoms with van der Waals surface area (Å²) in [5.74, 6) is -21.8. The van der Waals surface area contributed by atoms with E-state index in [1.54, 1.807) is 120 Å². The third-order valence-electron chi connectivity index (χ3n) is 20.5. The number of guanidine groups is 1. The number of carbonyl (C=O) groups excluding carboxylic acids is 17. The molecule has 4 aromatic rings. The number of likely N-dealkylation sites (N-methyl/N-ethyl adjacent to an activating group) is 1. The number of Topliss-reactive ketones (excluding diaryl/α,β-unsaturated/α-hetero) is 1. The topological polar surface area (TPSA) is 643 Å². The van der Waals surface area contributed by atoms with Gasteiger partial charge in [0.15, 0.2) is 11.7 Å². The second kappa shape index (κ2) is 45.6. The molecule has 0 radical (unpaired) electrons. The van der Waals surface area contributed by atoms with Crippen LogP contribution in [0.4, 0.5) is 0 Å². The Morgan fingerprint density at radius 3 is 1.97 bits per heavy atom. The molecule has 0 aliphatic carbocycles. The van der Waals surface area contributed by atoms with Gasteiger partial charge in [0, 0.05) is 79.7 Å². The van der Waals surface area contributed by atoms with Gasteiger partial charge in [-0.25, -0.2) is 0 Å². The van der Waals surface area contributed by atoms with Gasteiger partial charge < -0.3 is 106 Å². The molecular formula is C79H110BrN19O22S. The minimum atomic E-state index is -5.44. The summed E-state index contributed by atoms with van der Waals surface area (Å²) >= 11 is 3.39. The molecule has 1 unspecified atom stereocenters. The Morgan fingerprint density at radius 2 is 1.35 bits per heavy atom. The summed E-state index contributed by atoms with van der Waals surface area (Å²) in [6.45, 7) is 10.5. The van der Waals surface area contributed by atoms with Crippen molar-refractivity contribution in [3.8, 4) is 0 Å². The number of esters is 1. The average Bonchev–Trinajstić information content (AvgIpc) is 1.61. The van der Waals surface area contributed by atoms with E-state index < -0.39 is 257 Å². The number of carbonyl (C=O) groups is 17. The maximum Gasteiger partial charge on any atom is 0.325 e. The molecule has 2 aliphatic rings. The highest BCUT2D eigenvalue weighted by molar-refractivity contribution is 9.10. The van der Waals surface area contributed by atoms with Crippen molar-refractivity contribution in [3.05, 3.63) is 106 Å². The number of fused-ring (bicyclic) bond motifs is 1. The lowest BCUT2D eigenvalue weighted by Crippen LogP contribution is -2.63. The Hall–Kier alpha value is -12.0. The van der Waals surface area contributed by atoms with Crippen molar-refractivity contribution in [2.24, 2.45) is 34.5 Å². The number of amides is 15. The molecule has 2 fully saturated rings. The van der Waals surface area contributed by atoms with Gasteiger partial charge in [-0.3, -0.25) is 91.5 Å². The molecule has 6 rings (SSSR count). The van der Waals surface area contributed by atoms with E-state index >= 15 is 24.0 Å². The van der Waals surface area contributed by atoms with Crippen LogP contribution in [0.2, 0.25) is 0 Å². The standard InChI is InChI=1S/C79H110BrN19O22S/c1-40(2)63(95-74(114)58-22-16-30-99(58)76(116)55(93-66(106)41(3)88-39-100)32-45-23-25-47(80)26-24-45)59(102)34-49(79(6,7)8)67(107)90-53(33-46-36-86-50-20-14-13-19-48(46)50)70(110)89-51(21-15-29-85-78(83)84)69(109)94-56(38-122(118,119)120)72(112)97-65-43(5)121-62(105)37-87-68(108)54(35-61(82)104)92-75(115)64(42(4)101)96-71(111)52(31-44-17-11-10-12-18-44)91-73(113)57(27-28-60(81)103)98(9)77(65)117/h10-14,17-20,23-26,36,39-43,49,51-58,63-65,86,101H,15-16,21-22,27-35,37-38H2,1-9H3,(H2,81,103)(H2,82,104)(H,87,108)(H,88,100)(H,89,110)(H,90,107)(H,91,113)(H,92,115)(H,93,106)(H,94,109)(H,95,114)(H,96,111)(H,97,112)(H4,83,84,85)(H,118,119,120)/t41-,42-,43-,49-,51+,52-,53-,54+,55+,56-,57+,58+,63-,64?,65+/m1/s1. The lowest BCUT2D eigenvalue weighted by molar-refractivity contribution is -0.155. The fourth-order valence-corrected chi connectivity index (χ4v) is 14.7. The molecule has 15 amide bonds. The predicted octanol–water partition coefficient (Wildman–Crippen LogP) is -3.71. The predicted molar refractivity (Wildman–Crippen MR) is 443 cm³/mol. The lowest BCUT2D eigenvalue weighted by Gasteiger charge is -2.34. The molecule has 3 aromatic carbocycles. The summed E-state index contributed by atoms with van der Waals surface area (Å²) in [4.78, 5) is 245. The van der Waals surface area contributed by atoms with Gasteiger partial charge in [-0.15, -0.1) is 0 Å². The molecule has 41 nitrogen and oxygen atoms in total. The molecule has 43 heteroatoms. The van der Waals surface area contributed by atoms with E-state index in [2.05, 4.69) is 84.7 Å².